The Labute approximate surface area is 118 Å². The van der Waals surface area contributed by atoms with Crippen LogP contribution < -0.4 is 0 Å². The molecule has 0 heterocycles. The Kier molecular flexibility index (Phi) is 4.23. The Morgan fingerprint density at radius 3 is 2.32 bits per heavy atom. The van der Waals surface area contributed by atoms with Gasteiger partial charge in [-0.3, -0.25) is 0 Å². The first-order chi connectivity index (χ1) is 9.01. The molecule has 0 spiro atoms. The van der Waals surface area contributed by atoms with Gasteiger partial charge in [0.2, 0.25) is 0 Å². The summed E-state index contributed by atoms with van der Waals surface area (Å²) >= 11 is 0. The molecule has 0 saturated heterocycles. The molecule has 0 aromatic heterocycles. The van der Waals surface area contributed by atoms with E-state index in [1.54, 1.807) is 0 Å². The third-order valence-electron chi connectivity index (χ3n) is 5.55. The van der Waals surface area contributed by atoms with Crippen molar-refractivity contribution in [1.29, 1.82) is 0 Å². The maximum absolute atomic E-state index is 10.0. The molecular weight excluding hydrogens is 232 g/mol. The summed E-state index contributed by atoms with van der Waals surface area (Å²) in [6.07, 6.45) is 9.08. The highest BCUT2D eigenvalue weighted by Gasteiger charge is 2.43. The summed E-state index contributed by atoms with van der Waals surface area (Å²) in [6.45, 7) is 7.14. The number of phenolic OH excluding ortho intramolecular Hbond substituents is 1. The quantitative estimate of drug-likeness (QED) is 0.776. The lowest BCUT2D eigenvalue weighted by molar-refractivity contribution is 0.0197. The van der Waals surface area contributed by atoms with Gasteiger partial charge in [0.1, 0.15) is 5.75 Å². The topological polar surface area (TPSA) is 20.2 Å². The molecule has 1 aromatic rings. The normalized spacial score (nSPS) is 19.3. The molecule has 1 aliphatic rings. The second kappa shape index (κ2) is 5.56. The molecule has 1 heteroatoms. The van der Waals surface area contributed by atoms with E-state index in [1.807, 2.05) is 18.2 Å². The van der Waals surface area contributed by atoms with Gasteiger partial charge in [-0.25, -0.2) is 0 Å². The Morgan fingerprint density at radius 2 is 1.74 bits per heavy atom. The van der Waals surface area contributed by atoms with Gasteiger partial charge in [-0.2, -0.15) is 0 Å². The van der Waals surface area contributed by atoms with Gasteiger partial charge in [0.05, 0.1) is 0 Å². The second-order valence-electron chi connectivity index (χ2n) is 6.88. The van der Waals surface area contributed by atoms with E-state index in [9.17, 15) is 5.11 Å². The molecule has 1 fully saturated rings. The Balaban J connectivity index is 2.23. The Morgan fingerprint density at radius 1 is 1.11 bits per heavy atom. The third kappa shape index (κ3) is 2.80. The standard InChI is InChI=1S/C18H28O/c1-4-18(12-8-5-9-13-18)17(2,3)14-15-10-6-7-11-16(15)19/h6-7,10-11,19H,4-5,8-9,12-14H2,1-3H3. The number of benzene rings is 1. The van der Waals surface area contributed by atoms with Crippen LogP contribution in [0.4, 0.5) is 0 Å². The Hall–Kier alpha value is -0.980. The molecular formula is C18H28O. The van der Waals surface area contributed by atoms with Crippen molar-refractivity contribution in [3.05, 3.63) is 29.8 Å². The van der Waals surface area contributed by atoms with Crippen LogP contribution in [0.5, 0.6) is 5.75 Å². The van der Waals surface area contributed by atoms with E-state index in [1.165, 1.54) is 38.5 Å². The van der Waals surface area contributed by atoms with Crippen LogP contribution in [0.15, 0.2) is 24.3 Å². The van der Waals surface area contributed by atoms with Crippen molar-refractivity contribution in [3.8, 4) is 5.75 Å². The molecule has 1 N–H and O–H groups in total. The van der Waals surface area contributed by atoms with Gasteiger partial charge >= 0.3 is 0 Å². The highest BCUT2D eigenvalue weighted by atomic mass is 16.3. The van der Waals surface area contributed by atoms with E-state index >= 15 is 0 Å². The summed E-state index contributed by atoms with van der Waals surface area (Å²) in [5.74, 6) is 0.456. The minimum atomic E-state index is 0.251. The lowest BCUT2D eigenvalue weighted by atomic mass is 9.55. The summed E-state index contributed by atoms with van der Waals surface area (Å²) in [4.78, 5) is 0. The fraction of sp³-hybridized carbons (Fsp3) is 0.667. The van der Waals surface area contributed by atoms with Gasteiger partial charge in [-0.05, 0) is 48.1 Å². The van der Waals surface area contributed by atoms with Gasteiger partial charge in [-0.15, -0.1) is 0 Å². The molecule has 0 unspecified atom stereocenters. The van der Waals surface area contributed by atoms with Gasteiger partial charge < -0.3 is 5.11 Å². The van der Waals surface area contributed by atoms with Crippen LogP contribution in [0.3, 0.4) is 0 Å². The summed E-state index contributed by atoms with van der Waals surface area (Å²) < 4.78 is 0. The molecule has 0 amide bonds. The molecule has 1 nitrogen and oxygen atoms in total. The molecule has 0 aliphatic heterocycles. The molecule has 1 saturated carbocycles. The van der Waals surface area contributed by atoms with Gasteiger partial charge in [-0.1, -0.05) is 58.2 Å². The van der Waals surface area contributed by atoms with E-state index in [4.69, 9.17) is 0 Å². The van der Waals surface area contributed by atoms with Crippen LogP contribution >= 0.6 is 0 Å². The minimum Gasteiger partial charge on any atom is -0.508 e. The highest BCUT2D eigenvalue weighted by molar-refractivity contribution is 5.32. The molecule has 1 aromatic carbocycles. The molecule has 19 heavy (non-hydrogen) atoms. The van der Waals surface area contributed by atoms with Crippen molar-refractivity contribution in [2.75, 3.05) is 0 Å². The zero-order chi connectivity index (χ0) is 13.9. The summed E-state index contributed by atoms with van der Waals surface area (Å²) in [6, 6.07) is 7.82. The van der Waals surface area contributed by atoms with Crippen molar-refractivity contribution >= 4 is 0 Å². The average molecular weight is 260 g/mol. The molecule has 1 aliphatic carbocycles. The summed E-state index contributed by atoms with van der Waals surface area (Å²) in [5, 5.41) is 10.0. The largest absolute Gasteiger partial charge is 0.508 e. The second-order valence-corrected chi connectivity index (χ2v) is 6.88. The Bertz CT molecular complexity index is 413. The maximum Gasteiger partial charge on any atom is 0.118 e. The van der Waals surface area contributed by atoms with Crippen LogP contribution in [-0.4, -0.2) is 5.11 Å². The molecule has 0 bridgehead atoms. The van der Waals surface area contributed by atoms with Crippen molar-refractivity contribution in [2.24, 2.45) is 10.8 Å². The average Bonchev–Trinajstić information content (AvgIpc) is 2.42. The number of rotatable bonds is 4. The third-order valence-corrected chi connectivity index (χ3v) is 5.55. The number of para-hydroxylation sites is 1. The summed E-state index contributed by atoms with van der Waals surface area (Å²) in [5.41, 5.74) is 1.81. The smallest absolute Gasteiger partial charge is 0.118 e. The summed E-state index contributed by atoms with van der Waals surface area (Å²) in [7, 11) is 0. The van der Waals surface area contributed by atoms with Crippen molar-refractivity contribution in [2.45, 2.75) is 65.7 Å². The molecule has 106 valence electrons. The highest BCUT2D eigenvalue weighted by Crippen LogP contribution is 2.53. The first kappa shape index (κ1) is 14.4. The van der Waals surface area contributed by atoms with Crippen LogP contribution in [0, 0.1) is 10.8 Å². The van der Waals surface area contributed by atoms with Crippen molar-refractivity contribution < 1.29 is 5.11 Å². The maximum atomic E-state index is 10.0. The fourth-order valence-corrected chi connectivity index (χ4v) is 4.06. The van der Waals surface area contributed by atoms with Crippen molar-refractivity contribution in [3.63, 3.8) is 0 Å². The van der Waals surface area contributed by atoms with E-state index < -0.39 is 0 Å². The minimum absolute atomic E-state index is 0.251. The number of phenols is 1. The van der Waals surface area contributed by atoms with Crippen LogP contribution in [0.25, 0.3) is 0 Å². The number of aromatic hydroxyl groups is 1. The van der Waals surface area contributed by atoms with Crippen LogP contribution in [-0.2, 0) is 6.42 Å². The number of hydrogen-bond donors (Lipinski definition) is 1. The van der Waals surface area contributed by atoms with E-state index in [0.29, 0.717) is 11.2 Å². The first-order valence-electron chi connectivity index (χ1n) is 7.78. The van der Waals surface area contributed by atoms with E-state index in [2.05, 4.69) is 26.8 Å². The SMILES string of the molecule is CCC1(C(C)(C)Cc2ccccc2O)CCCCC1. The lowest BCUT2D eigenvalue weighted by Crippen LogP contribution is -2.40. The molecule has 0 radical (unpaired) electrons. The predicted octanol–water partition coefficient (Wildman–Crippen LogP) is 5.32. The zero-order valence-corrected chi connectivity index (χ0v) is 12.7. The first-order valence-corrected chi connectivity index (χ1v) is 7.78. The van der Waals surface area contributed by atoms with Gasteiger partial charge in [0, 0.05) is 0 Å². The fourth-order valence-electron chi connectivity index (χ4n) is 4.06. The van der Waals surface area contributed by atoms with Crippen LogP contribution in [0.2, 0.25) is 0 Å². The lowest BCUT2D eigenvalue weighted by Gasteiger charge is -2.49. The monoisotopic (exact) mass is 260 g/mol. The van der Waals surface area contributed by atoms with E-state index in [0.717, 1.165) is 12.0 Å². The van der Waals surface area contributed by atoms with Crippen LogP contribution in [0.1, 0.15) is 64.9 Å². The predicted molar refractivity (Wildman–Crippen MR) is 81.4 cm³/mol. The molecule has 2 rings (SSSR count). The van der Waals surface area contributed by atoms with Crippen molar-refractivity contribution in [1.82, 2.24) is 0 Å². The van der Waals surface area contributed by atoms with Gasteiger partial charge in [0.25, 0.3) is 0 Å². The number of hydrogen-bond acceptors (Lipinski definition) is 1. The zero-order valence-electron chi connectivity index (χ0n) is 12.7. The van der Waals surface area contributed by atoms with E-state index in [-0.39, 0.29) is 5.41 Å². The molecule has 0 atom stereocenters. The van der Waals surface area contributed by atoms with Gasteiger partial charge in [0.15, 0.2) is 0 Å².